The summed E-state index contributed by atoms with van der Waals surface area (Å²) in [5.74, 6) is 1.42. The summed E-state index contributed by atoms with van der Waals surface area (Å²) in [6, 6.07) is 10.1. The average Bonchev–Trinajstić information content (AvgIpc) is 2.78. The van der Waals surface area contributed by atoms with Crippen LogP contribution < -0.4 is 30.3 Å². The minimum absolute atomic E-state index is 0.167. The Morgan fingerprint density at radius 2 is 1.88 bits per heavy atom. The molecule has 0 fully saturated rings. The van der Waals surface area contributed by atoms with Gasteiger partial charge in [-0.2, -0.15) is 5.10 Å². The number of nitrogens with zero attached hydrogens (tertiary/aromatic N) is 1. The predicted octanol–water partition coefficient (Wildman–Crippen LogP) is 2.50. The third-order valence-corrected chi connectivity index (χ3v) is 5.10. The zero-order valence-electron chi connectivity index (χ0n) is 18.0. The van der Waals surface area contributed by atoms with Crippen molar-refractivity contribution in [2.75, 3.05) is 27.4 Å². The van der Waals surface area contributed by atoms with Gasteiger partial charge in [0.15, 0.2) is 18.1 Å². The smallest absolute Gasteiger partial charge is 0.335 e. The van der Waals surface area contributed by atoms with Crippen LogP contribution in [-0.2, 0) is 11.2 Å². The number of nitrogens with one attached hydrogen (secondary N) is 3. The second-order valence-corrected chi connectivity index (χ2v) is 7.43. The Bertz CT molecular complexity index is 1030. The van der Waals surface area contributed by atoms with Crippen LogP contribution in [0.5, 0.6) is 17.2 Å². The van der Waals surface area contributed by atoms with E-state index in [4.69, 9.17) is 25.8 Å². The van der Waals surface area contributed by atoms with Crippen molar-refractivity contribution in [3.63, 3.8) is 0 Å². The molecule has 3 N–H and O–H groups in total. The molecule has 0 aliphatic carbocycles. The number of amides is 3. The zero-order valence-corrected chi connectivity index (χ0v) is 18.8. The monoisotopic (exact) mass is 460 g/mol. The largest absolute Gasteiger partial charge is 0.493 e. The van der Waals surface area contributed by atoms with Gasteiger partial charge >= 0.3 is 6.03 Å². The van der Waals surface area contributed by atoms with Gasteiger partial charge in [0.05, 0.1) is 31.0 Å². The van der Waals surface area contributed by atoms with Crippen molar-refractivity contribution in [2.45, 2.75) is 19.4 Å². The number of methoxy groups -OCH3 is 2. The van der Waals surface area contributed by atoms with Gasteiger partial charge in [0.25, 0.3) is 5.91 Å². The molecule has 32 heavy (non-hydrogen) atoms. The van der Waals surface area contributed by atoms with Gasteiger partial charge in [-0.05, 0) is 49.2 Å². The van der Waals surface area contributed by atoms with Gasteiger partial charge in [0, 0.05) is 12.1 Å². The molecular weight excluding hydrogens is 436 g/mol. The molecule has 10 heteroatoms. The minimum Gasteiger partial charge on any atom is -0.493 e. The van der Waals surface area contributed by atoms with Crippen molar-refractivity contribution in [1.29, 1.82) is 0 Å². The van der Waals surface area contributed by atoms with Crippen molar-refractivity contribution in [3.8, 4) is 17.2 Å². The maximum atomic E-state index is 12.1. The van der Waals surface area contributed by atoms with Gasteiger partial charge < -0.3 is 24.8 Å². The topological polar surface area (TPSA) is 110 Å². The second kappa shape index (κ2) is 10.7. The molecule has 0 aromatic heterocycles. The number of hydrogen-bond acceptors (Lipinski definition) is 6. The van der Waals surface area contributed by atoms with Crippen LogP contribution in [0.2, 0.25) is 5.02 Å². The van der Waals surface area contributed by atoms with E-state index in [2.05, 4.69) is 21.2 Å². The van der Waals surface area contributed by atoms with Crippen LogP contribution in [-0.4, -0.2) is 51.1 Å². The summed E-state index contributed by atoms with van der Waals surface area (Å²) in [6.07, 6.45) is 0.631. The van der Waals surface area contributed by atoms with E-state index in [1.807, 2.05) is 25.1 Å². The molecule has 1 aliphatic heterocycles. The summed E-state index contributed by atoms with van der Waals surface area (Å²) in [7, 11) is 3.16. The summed E-state index contributed by atoms with van der Waals surface area (Å²) < 4.78 is 16.1. The van der Waals surface area contributed by atoms with Crippen LogP contribution in [0.15, 0.2) is 41.5 Å². The van der Waals surface area contributed by atoms with Gasteiger partial charge in [0.1, 0.15) is 5.75 Å². The Labute approximate surface area is 191 Å². The summed E-state index contributed by atoms with van der Waals surface area (Å²) in [5, 5.41) is 9.94. The van der Waals surface area contributed by atoms with E-state index >= 15 is 0 Å². The lowest BCUT2D eigenvalue weighted by Gasteiger charge is -2.21. The van der Waals surface area contributed by atoms with Crippen LogP contribution >= 0.6 is 11.6 Å². The number of hydrazone groups is 1. The van der Waals surface area contributed by atoms with E-state index in [1.54, 1.807) is 32.4 Å². The van der Waals surface area contributed by atoms with E-state index in [0.29, 0.717) is 40.9 Å². The highest BCUT2D eigenvalue weighted by atomic mass is 35.5. The molecule has 3 amide bonds. The van der Waals surface area contributed by atoms with Crippen LogP contribution in [0.4, 0.5) is 4.79 Å². The normalized spacial score (nSPS) is 15.2. The lowest BCUT2D eigenvalue weighted by molar-refractivity contribution is -0.123. The predicted molar refractivity (Wildman–Crippen MR) is 121 cm³/mol. The molecule has 1 aliphatic rings. The highest BCUT2D eigenvalue weighted by molar-refractivity contribution is 6.32. The fourth-order valence-corrected chi connectivity index (χ4v) is 3.41. The quantitative estimate of drug-likeness (QED) is 0.532. The number of halogens is 1. The number of benzene rings is 2. The minimum atomic E-state index is -0.357. The SMILES string of the molecule is COc1ccc(CCNC(=O)COc2ccc(C3=NNC(=O)NC3C)cc2Cl)cc1OC. The molecule has 1 heterocycles. The van der Waals surface area contributed by atoms with Gasteiger partial charge in [0.2, 0.25) is 0 Å². The highest BCUT2D eigenvalue weighted by Crippen LogP contribution is 2.28. The number of carbonyl (C=O) groups excluding carboxylic acids is 2. The fourth-order valence-electron chi connectivity index (χ4n) is 3.17. The Morgan fingerprint density at radius 1 is 1.12 bits per heavy atom. The van der Waals surface area contributed by atoms with Crippen LogP contribution in [0.3, 0.4) is 0 Å². The van der Waals surface area contributed by atoms with Crippen molar-refractivity contribution in [2.24, 2.45) is 5.10 Å². The molecule has 1 atom stereocenters. The Morgan fingerprint density at radius 3 is 2.56 bits per heavy atom. The number of hydrogen-bond donors (Lipinski definition) is 3. The first-order valence-corrected chi connectivity index (χ1v) is 10.3. The van der Waals surface area contributed by atoms with Crippen molar-refractivity contribution in [1.82, 2.24) is 16.1 Å². The van der Waals surface area contributed by atoms with E-state index in [-0.39, 0.29) is 24.6 Å². The van der Waals surface area contributed by atoms with Crippen LogP contribution in [0.1, 0.15) is 18.1 Å². The van der Waals surface area contributed by atoms with Crippen molar-refractivity contribution >= 4 is 29.3 Å². The second-order valence-electron chi connectivity index (χ2n) is 7.03. The highest BCUT2D eigenvalue weighted by Gasteiger charge is 2.21. The molecule has 2 aromatic carbocycles. The van der Waals surface area contributed by atoms with E-state index in [9.17, 15) is 9.59 Å². The Kier molecular flexibility index (Phi) is 7.77. The maximum absolute atomic E-state index is 12.1. The van der Waals surface area contributed by atoms with Gasteiger partial charge in [-0.25, -0.2) is 10.2 Å². The maximum Gasteiger partial charge on any atom is 0.335 e. The number of rotatable bonds is 9. The van der Waals surface area contributed by atoms with E-state index in [0.717, 1.165) is 11.1 Å². The third-order valence-electron chi connectivity index (χ3n) is 4.81. The molecule has 2 aromatic rings. The standard InChI is InChI=1S/C22H25ClN4O5/c1-13-21(26-27-22(29)25-13)15-5-7-17(16(23)11-15)32-12-20(28)24-9-8-14-4-6-18(30-2)19(10-14)31-3/h4-7,10-11,13H,8-9,12H2,1-3H3,(H,24,28)(H2,25,27,29). The number of urea groups is 1. The molecule has 0 radical (unpaired) electrons. The first kappa shape index (κ1) is 23.2. The first-order valence-electron chi connectivity index (χ1n) is 9.95. The molecule has 9 nitrogen and oxygen atoms in total. The van der Waals surface area contributed by atoms with Crippen molar-refractivity contribution in [3.05, 3.63) is 52.5 Å². The van der Waals surface area contributed by atoms with Crippen LogP contribution in [0.25, 0.3) is 0 Å². The summed E-state index contributed by atoms with van der Waals surface area (Å²) in [4.78, 5) is 23.4. The lowest BCUT2D eigenvalue weighted by atomic mass is 10.0. The Balaban J connectivity index is 1.49. The summed E-state index contributed by atoms with van der Waals surface area (Å²) in [5.41, 5.74) is 4.77. The molecule has 170 valence electrons. The molecule has 3 rings (SSSR count). The fraction of sp³-hybridized carbons (Fsp3) is 0.318. The Hall–Kier alpha value is -3.46. The molecule has 0 saturated carbocycles. The number of ether oxygens (including phenoxy) is 3. The summed E-state index contributed by atoms with van der Waals surface area (Å²) >= 11 is 6.30. The zero-order chi connectivity index (χ0) is 23.1. The first-order chi connectivity index (χ1) is 15.4. The van der Waals surface area contributed by atoms with E-state index < -0.39 is 0 Å². The molecule has 0 spiro atoms. The van der Waals surface area contributed by atoms with Gasteiger partial charge in [-0.3, -0.25) is 4.79 Å². The number of carbonyl (C=O) groups is 2. The molecule has 1 unspecified atom stereocenters. The van der Waals surface area contributed by atoms with E-state index in [1.165, 1.54) is 0 Å². The molecule has 0 bridgehead atoms. The summed E-state index contributed by atoms with van der Waals surface area (Å²) in [6.45, 7) is 2.10. The average molecular weight is 461 g/mol. The third kappa shape index (κ3) is 5.82. The van der Waals surface area contributed by atoms with Gasteiger partial charge in [-0.1, -0.05) is 17.7 Å². The van der Waals surface area contributed by atoms with Crippen molar-refractivity contribution < 1.29 is 23.8 Å². The van der Waals surface area contributed by atoms with Gasteiger partial charge in [-0.15, -0.1) is 0 Å². The molecular formula is C22H25ClN4O5. The lowest BCUT2D eigenvalue weighted by Crippen LogP contribution is -2.48. The van der Waals surface area contributed by atoms with Crippen LogP contribution in [0, 0.1) is 0 Å². The molecule has 0 saturated heterocycles.